The summed E-state index contributed by atoms with van der Waals surface area (Å²) in [7, 11) is 1.51. The number of thiophene rings is 1. The summed E-state index contributed by atoms with van der Waals surface area (Å²) in [5.41, 5.74) is 0.831. The molecule has 102 valence electrons. The SMILES string of the molecule is COc1ccc(C(CO)NCc2cccs2)cc1O. The minimum absolute atomic E-state index is 0.0306. The van der Waals surface area contributed by atoms with Gasteiger partial charge in [0.25, 0.3) is 0 Å². The molecule has 2 rings (SSSR count). The first-order valence-electron chi connectivity index (χ1n) is 5.98. The summed E-state index contributed by atoms with van der Waals surface area (Å²) >= 11 is 1.67. The molecule has 0 aliphatic heterocycles. The lowest BCUT2D eigenvalue weighted by molar-refractivity contribution is 0.243. The molecule has 1 aromatic carbocycles. The van der Waals surface area contributed by atoms with Gasteiger partial charge in [-0.2, -0.15) is 0 Å². The summed E-state index contributed by atoms with van der Waals surface area (Å²) in [6, 6.07) is 8.97. The zero-order valence-electron chi connectivity index (χ0n) is 10.7. The van der Waals surface area contributed by atoms with E-state index in [1.165, 1.54) is 12.0 Å². The zero-order valence-corrected chi connectivity index (χ0v) is 11.5. The van der Waals surface area contributed by atoms with Crippen molar-refractivity contribution >= 4 is 11.3 Å². The van der Waals surface area contributed by atoms with Gasteiger partial charge in [0.05, 0.1) is 19.8 Å². The van der Waals surface area contributed by atoms with Crippen LogP contribution < -0.4 is 10.1 Å². The summed E-state index contributed by atoms with van der Waals surface area (Å²) in [6.45, 7) is 0.660. The monoisotopic (exact) mass is 279 g/mol. The van der Waals surface area contributed by atoms with Gasteiger partial charge in [-0.05, 0) is 29.1 Å². The Labute approximate surface area is 116 Å². The second-order valence-corrected chi connectivity index (χ2v) is 5.16. The number of aliphatic hydroxyl groups is 1. The Morgan fingerprint density at radius 2 is 2.21 bits per heavy atom. The number of benzene rings is 1. The molecule has 0 saturated carbocycles. The van der Waals surface area contributed by atoms with E-state index < -0.39 is 0 Å². The van der Waals surface area contributed by atoms with Crippen molar-refractivity contribution in [1.82, 2.24) is 5.32 Å². The van der Waals surface area contributed by atoms with Crippen molar-refractivity contribution in [3.63, 3.8) is 0 Å². The summed E-state index contributed by atoms with van der Waals surface area (Å²) in [5.74, 6) is 0.509. The third-order valence-electron chi connectivity index (χ3n) is 2.89. The molecule has 19 heavy (non-hydrogen) atoms. The summed E-state index contributed by atoms with van der Waals surface area (Å²) in [4.78, 5) is 1.20. The second kappa shape index (κ2) is 6.56. The van der Waals surface area contributed by atoms with E-state index in [9.17, 15) is 10.2 Å². The zero-order chi connectivity index (χ0) is 13.7. The quantitative estimate of drug-likeness (QED) is 0.759. The molecule has 4 nitrogen and oxygen atoms in total. The molecule has 1 unspecified atom stereocenters. The predicted octanol–water partition coefficient (Wildman–Crippen LogP) is 2.29. The fourth-order valence-corrected chi connectivity index (χ4v) is 2.50. The third kappa shape index (κ3) is 3.47. The van der Waals surface area contributed by atoms with Gasteiger partial charge in [-0.15, -0.1) is 11.3 Å². The normalized spacial score (nSPS) is 12.3. The Bertz CT molecular complexity index is 513. The highest BCUT2D eigenvalue weighted by Gasteiger charge is 2.12. The maximum Gasteiger partial charge on any atom is 0.160 e. The van der Waals surface area contributed by atoms with E-state index in [2.05, 4.69) is 5.32 Å². The number of aliphatic hydroxyl groups excluding tert-OH is 1. The van der Waals surface area contributed by atoms with E-state index >= 15 is 0 Å². The second-order valence-electron chi connectivity index (χ2n) is 4.13. The van der Waals surface area contributed by atoms with Crippen molar-refractivity contribution < 1.29 is 14.9 Å². The summed E-state index contributed by atoms with van der Waals surface area (Å²) < 4.78 is 5.00. The number of ether oxygens (including phenoxy) is 1. The number of phenols is 1. The van der Waals surface area contributed by atoms with Gasteiger partial charge < -0.3 is 20.3 Å². The molecule has 1 aromatic heterocycles. The lowest BCUT2D eigenvalue weighted by Gasteiger charge is -2.17. The average Bonchev–Trinajstić information content (AvgIpc) is 2.93. The smallest absolute Gasteiger partial charge is 0.160 e. The topological polar surface area (TPSA) is 61.7 Å². The van der Waals surface area contributed by atoms with Gasteiger partial charge in [0.2, 0.25) is 0 Å². The van der Waals surface area contributed by atoms with Crippen molar-refractivity contribution in [3.8, 4) is 11.5 Å². The van der Waals surface area contributed by atoms with Crippen molar-refractivity contribution in [1.29, 1.82) is 0 Å². The van der Waals surface area contributed by atoms with Crippen LogP contribution in [0.2, 0.25) is 0 Å². The van der Waals surface area contributed by atoms with Gasteiger partial charge in [-0.3, -0.25) is 0 Å². The molecule has 0 aliphatic carbocycles. The summed E-state index contributed by atoms with van der Waals surface area (Å²) in [6.07, 6.45) is 0. The van der Waals surface area contributed by atoms with Crippen molar-refractivity contribution in [2.75, 3.05) is 13.7 Å². The molecule has 0 radical (unpaired) electrons. The highest BCUT2D eigenvalue weighted by Crippen LogP contribution is 2.28. The largest absolute Gasteiger partial charge is 0.504 e. The number of rotatable bonds is 6. The van der Waals surface area contributed by atoms with Gasteiger partial charge in [0.15, 0.2) is 11.5 Å². The van der Waals surface area contributed by atoms with Crippen molar-refractivity contribution in [2.24, 2.45) is 0 Å². The van der Waals surface area contributed by atoms with Crippen LogP contribution >= 0.6 is 11.3 Å². The molecule has 3 N–H and O–H groups in total. The fourth-order valence-electron chi connectivity index (χ4n) is 1.85. The highest BCUT2D eigenvalue weighted by molar-refractivity contribution is 7.09. The first-order valence-corrected chi connectivity index (χ1v) is 6.86. The van der Waals surface area contributed by atoms with Crippen molar-refractivity contribution in [3.05, 3.63) is 46.2 Å². The van der Waals surface area contributed by atoms with Gasteiger partial charge >= 0.3 is 0 Å². The lowest BCUT2D eigenvalue weighted by atomic mass is 10.1. The minimum atomic E-state index is -0.209. The number of nitrogens with one attached hydrogen (secondary N) is 1. The summed E-state index contributed by atoms with van der Waals surface area (Å²) in [5, 5.41) is 24.5. The molecule has 0 spiro atoms. The molecular weight excluding hydrogens is 262 g/mol. The van der Waals surface area contributed by atoms with E-state index in [0.717, 1.165) is 5.56 Å². The Balaban J connectivity index is 2.06. The van der Waals surface area contributed by atoms with Crippen LogP contribution in [0.4, 0.5) is 0 Å². The van der Waals surface area contributed by atoms with Gasteiger partial charge in [-0.25, -0.2) is 0 Å². The molecule has 0 fully saturated rings. The van der Waals surface area contributed by atoms with Crippen LogP contribution in [-0.2, 0) is 6.54 Å². The Morgan fingerprint density at radius 3 is 2.79 bits per heavy atom. The van der Waals surface area contributed by atoms with Gasteiger partial charge in [-0.1, -0.05) is 12.1 Å². The van der Waals surface area contributed by atoms with E-state index in [1.807, 2.05) is 23.6 Å². The first kappa shape index (κ1) is 13.9. The van der Waals surface area contributed by atoms with Crippen LogP contribution in [-0.4, -0.2) is 23.9 Å². The molecule has 5 heteroatoms. The Kier molecular flexibility index (Phi) is 4.79. The van der Waals surface area contributed by atoms with Crippen molar-refractivity contribution in [2.45, 2.75) is 12.6 Å². The molecule has 1 heterocycles. The highest BCUT2D eigenvalue weighted by atomic mass is 32.1. The van der Waals surface area contributed by atoms with E-state index in [-0.39, 0.29) is 18.4 Å². The predicted molar refractivity (Wildman–Crippen MR) is 75.6 cm³/mol. The Hall–Kier alpha value is -1.56. The molecule has 0 bridgehead atoms. The molecule has 0 aliphatic rings. The number of hydrogen-bond acceptors (Lipinski definition) is 5. The van der Waals surface area contributed by atoms with Gasteiger partial charge in [0, 0.05) is 11.4 Å². The maximum atomic E-state index is 9.76. The number of phenolic OH excluding ortho intramolecular Hbond substituents is 1. The molecule has 1 atom stereocenters. The van der Waals surface area contributed by atoms with Crippen LogP contribution in [0, 0.1) is 0 Å². The first-order chi connectivity index (χ1) is 9.24. The van der Waals surface area contributed by atoms with Crippen LogP contribution in [0.3, 0.4) is 0 Å². The van der Waals surface area contributed by atoms with E-state index in [0.29, 0.717) is 12.3 Å². The maximum absolute atomic E-state index is 9.76. The fraction of sp³-hybridized carbons (Fsp3) is 0.286. The molecular formula is C14H17NO3S. The van der Waals surface area contributed by atoms with Crippen LogP contribution in [0.25, 0.3) is 0 Å². The van der Waals surface area contributed by atoms with E-state index in [1.54, 1.807) is 23.5 Å². The van der Waals surface area contributed by atoms with Gasteiger partial charge in [0.1, 0.15) is 0 Å². The average molecular weight is 279 g/mol. The third-order valence-corrected chi connectivity index (χ3v) is 3.77. The Morgan fingerprint density at radius 1 is 1.37 bits per heavy atom. The van der Waals surface area contributed by atoms with Crippen LogP contribution in [0.1, 0.15) is 16.5 Å². The standard InChI is InChI=1S/C14H17NO3S/c1-18-14-5-4-10(7-13(14)17)12(9-16)15-8-11-3-2-6-19-11/h2-7,12,15-17H,8-9H2,1H3. The molecule has 2 aromatic rings. The number of hydrogen-bond donors (Lipinski definition) is 3. The number of aromatic hydroxyl groups is 1. The lowest BCUT2D eigenvalue weighted by Crippen LogP contribution is -2.23. The van der Waals surface area contributed by atoms with Crippen LogP contribution in [0.15, 0.2) is 35.7 Å². The molecule has 0 saturated heterocycles. The van der Waals surface area contributed by atoms with E-state index in [4.69, 9.17) is 4.74 Å². The van der Waals surface area contributed by atoms with Crippen LogP contribution in [0.5, 0.6) is 11.5 Å². The molecule has 0 amide bonds. The minimum Gasteiger partial charge on any atom is -0.504 e. The number of methoxy groups -OCH3 is 1.